The molecule has 4 aromatic rings. The fraction of sp³-hybridized carbons (Fsp3) is 0.387. The summed E-state index contributed by atoms with van der Waals surface area (Å²) in [6.07, 6.45) is 6.40. The highest BCUT2D eigenvalue weighted by Gasteiger charge is 2.39. The van der Waals surface area contributed by atoms with Crippen molar-refractivity contribution in [3.63, 3.8) is 0 Å². The second kappa shape index (κ2) is 11.0. The minimum absolute atomic E-state index is 0.0604. The molecule has 3 aromatic heterocycles. The Morgan fingerprint density at radius 3 is 2.73 bits per heavy atom. The van der Waals surface area contributed by atoms with E-state index in [9.17, 15) is 4.79 Å². The first-order valence-electron chi connectivity index (χ1n) is 13.6. The summed E-state index contributed by atoms with van der Waals surface area (Å²) in [4.78, 5) is 21.1. The van der Waals surface area contributed by atoms with Gasteiger partial charge < -0.3 is 28.8 Å². The van der Waals surface area contributed by atoms with Crippen LogP contribution in [-0.2, 0) is 38.3 Å². The van der Waals surface area contributed by atoms with Crippen LogP contribution >= 0.6 is 0 Å². The van der Waals surface area contributed by atoms with Gasteiger partial charge >= 0.3 is 0 Å². The Morgan fingerprint density at radius 1 is 1.18 bits per heavy atom. The monoisotopic (exact) mass is 542 g/mol. The minimum Gasteiger partial charge on any atom is -0.490 e. The topological polar surface area (TPSA) is 96.7 Å². The molecule has 1 aliphatic carbocycles. The van der Waals surface area contributed by atoms with Gasteiger partial charge in [-0.2, -0.15) is 0 Å². The van der Waals surface area contributed by atoms with Crippen molar-refractivity contribution in [3.8, 4) is 17.0 Å². The van der Waals surface area contributed by atoms with Crippen LogP contribution in [0.25, 0.3) is 22.2 Å². The van der Waals surface area contributed by atoms with Crippen LogP contribution in [-0.4, -0.2) is 53.0 Å². The lowest BCUT2D eigenvalue weighted by Crippen LogP contribution is -2.39. The second-order valence-electron chi connectivity index (χ2n) is 10.6. The standard InChI is InChI=1S/C31H34N4O5/c1-20(36)33-30-15-25-26(17-35(2)28(25)16-32-30)27-13-24(14-29(34-27)31(37-3)9-10-38-19-31)40-23-11-22(12-23)39-18-21-7-5-4-6-8-21/h4-8,13-17,22-23H,9-12,18-19H2,1-3H3,(H,32,33,36)/t22?,23?,31-/m1/s1. The number of amides is 1. The van der Waals surface area contributed by atoms with Crippen molar-refractivity contribution in [2.75, 3.05) is 25.6 Å². The number of hydrogen-bond acceptors (Lipinski definition) is 7. The van der Waals surface area contributed by atoms with Crippen LogP contribution in [0.5, 0.6) is 5.75 Å². The molecule has 1 aromatic carbocycles. The van der Waals surface area contributed by atoms with Crippen LogP contribution in [0.1, 0.15) is 37.4 Å². The van der Waals surface area contributed by atoms with E-state index in [1.807, 2.05) is 54.2 Å². The Balaban J connectivity index is 1.29. The summed E-state index contributed by atoms with van der Waals surface area (Å²) in [7, 11) is 3.67. The number of carbonyl (C=O) groups excluding carboxylic acids is 1. The Hall–Kier alpha value is -3.79. The summed E-state index contributed by atoms with van der Waals surface area (Å²) in [5.41, 5.74) is 3.93. The van der Waals surface area contributed by atoms with Crippen molar-refractivity contribution in [2.45, 2.75) is 50.6 Å². The number of nitrogens with zero attached hydrogens (tertiary/aromatic N) is 3. The average molecular weight is 543 g/mol. The number of ether oxygens (including phenoxy) is 4. The Bertz CT molecular complexity index is 1510. The third-order valence-electron chi connectivity index (χ3n) is 7.78. The van der Waals surface area contributed by atoms with Crippen molar-refractivity contribution < 1.29 is 23.7 Å². The van der Waals surface area contributed by atoms with E-state index in [0.29, 0.717) is 32.1 Å². The van der Waals surface area contributed by atoms with Crippen LogP contribution in [0.3, 0.4) is 0 Å². The number of aryl methyl sites for hydroxylation is 1. The number of benzene rings is 1. The summed E-state index contributed by atoms with van der Waals surface area (Å²) >= 11 is 0. The van der Waals surface area contributed by atoms with Gasteiger partial charge in [0.25, 0.3) is 0 Å². The molecule has 0 unspecified atom stereocenters. The Kier molecular flexibility index (Phi) is 7.27. The SMILES string of the molecule is CO[C@]1(c2cc(OC3CC(OCc4ccccc4)C3)cc(-c3cn(C)c4cnc(NC(C)=O)cc34)n2)CCOC1. The molecule has 6 rings (SSSR count). The normalized spacial score (nSPS) is 22.3. The number of pyridine rings is 2. The zero-order chi connectivity index (χ0) is 27.7. The zero-order valence-corrected chi connectivity index (χ0v) is 23.1. The molecule has 9 heteroatoms. The molecule has 1 N–H and O–H groups in total. The third kappa shape index (κ3) is 5.32. The fourth-order valence-corrected chi connectivity index (χ4v) is 5.42. The summed E-state index contributed by atoms with van der Waals surface area (Å²) in [5.74, 6) is 1.06. The number of hydrogen-bond donors (Lipinski definition) is 1. The van der Waals surface area contributed by atoms with E-state index >= 15 is 0 Å². The summed E-state index contributed by atoms with van der Waals surface area (Å²) in [5, 5.41) is 3.72. The number of rotatable bonds is 9. The van der Waals surface area contributed by atoms with Crippen LogP contribution in [0.4, 0.5) is 5.82 Å². The number of carbonyl (C=O) groups is 1. The van der Waals surface area contributed by atoms with E-state index < -0.39 is 5.60 Å². The molecule has 0 spiro atoms. The van der Waals surface area contributed by atoms with Crippen LogP contribution in [0, 0.1) is 0 Å². The molecule has 9 nitrogen and oxygen atoms in total. The van der Waals surface area contributed by atoms with Gasteiger partial charge in [0, 0.05) is 76.2 Å². The van der Waals surface area contributed by atoms with Gasteiger partial charge in [-0.15, -0.1) is 0 Å². The second-order valence-corrected chi connectivity index (χ2v) is 10.6. The highest BCUT2D eigenvalue weighted by molar-refractivity contribution is 5.98. The average Bonchev–Trinajstić information content (AvgIpc) is 3.55. The first-order valence-corrected chi connectivity index (χ1v) is 13.6. The van der Waals surface area contributed by atoms with E-state index in [2.05, 4.69) is 22.4 Å². The van der Waals surface area contributed by atoms with Crippen molar-refractivity contribution >= 4 is 22.6 Å². The fourth-order valence-electron chi connectivity index (χ4n) is 5.42. The van der Waals surface area contributed by atoms with E-state index in [-0.39, 0.29) is 18.1 Å². The Morgan fingerprint density at radius 2 is 2.00 bits per heavy atom. The first-order chi connectivity index (χ1) is 19.4. The molecule has 208 valence electrons. The number of aromatic nitrogens is 3. The smallest absolute Gasteiger partial charge is 0.222 e. The maximum Gasteiger partial charge on any atom is 0.222 e. The van der Waals surface area contributed by atoms with Gasteiger partial charge in [-0.1, -0.05) is 30.3 Å². The molecule has 40 heavy (non-hydrogen) atoms. The summed E-state index contributed by atoms with van der Waals surface area (Å²) < 4.78 is 26.3. The molecule has 2 aliphatic rings. The molecule has 4 heterocycles. The largest absolute Gasteiger partial charge is 0.490 e. The molecule has 1 atom stereocenters. The number of anilines is 1. The van der Waals surface area contributed by atoms with Crippen molar-refractivity contribution in [1.82, 2.24) is 14.5 Å². The van der Waals surface area contributed by atoms with Gasteiger partial charge in [0.2, 0.25) is 5.91 Å². The van der Waals surface area contributed by atoms with E-state index in [4.69, 9.17) is 23.9 Å². The molecule has 1 aliphatic heterocycles. The van der Waals surface area contributed by atoms with Gasteiger partial charge in [-0.05, 0) is 11.6 Å². The maximum atomic E-state index is 11.7. The highest BCUT2D eigenvalue weighted by atomic mass is 16.6. The number of fused-ring (bicyclic) bond motifs is 1. The molecular weight excluding hydrogens is 508 g/mol. The summed E-state index contributed by atoms with van der Waals surface area (Å²) in [6.45, 7) is 3.12. The lowest BCUT2D eigenvalue weighted by Gasteiger charge is -2.35. The molecule has 1 amide bonds. The molecule has 0 radical (unpaired) electrons. The molecule has 1 saturated carbocycles. The van der Waals surface area contributed by atoms with E-state index in [0.717, 1.165) is 46.4 Å². The van der Waals surface area contributed by atoms with Gasteiger partial charge in [0.15, 0.2) is 0 Å². The van der Waals surface area contributed by atoms with Crippen LogP contribution in [0.2, 0.25) is 0 Å². The summed E-state index contributed by atoms with van der Waals surface area (Å²) in [6, 6.07) is 16.1. The van der Waals surface area contributed by atoms with E-state index in [1.54, 1.807) is 13.3 Å². The quantitative estimate of drug-likeness (QED) is 0.319. The molecule has 2 fully saturated rings. The van der Waals surface area contributed by atoms with Gasteiger partial charge in [0.05, 0.1) is 42.4 Å². The Labute approximate surface area is 233 Å². The third-order valence-corrected chi connectivity index (χ3v) is 7.78. The minimum atomic E-state index is -0.636. The molecule has 0 bridgehead atoms. The van der Waals surface area contributed by atoms with E-state index in [1.165, 1.54) is 12.5 Å². The lowest BCUT2D eigenvalue weighted by molar-refractivity contribution is -0.114. The molecule has 1 saturated heterocycles. The highest BCUT2D eigenvalue weighted by Crippen LogP contribution is 2.39. The van der Waals surface area contributed by atoms with Crippen LogP contribution < -0.4 is 10.1 Å². The first kappa shape index (κ1) is 26.4. The zero-order valence-electron chi connectivity index (χ0n) is 23.1. The van der Waals surface area contributed by atoms with Crippen LogP contribution in [0.15, 0.2) is 60.9 Å². The van der Waals surface area contributed by atoms with Gasteiger partial charge in [-0.3, -0.25) is 4.79 Å². The predicted octanol–water partition coefficient (Wildman–Crippen LogP) is 4.98. The van der Waals surface area contributed by atoms with Gasteiger partial charge in [0.1, 0.15) is 23.3 Å². The number of nitrogens with one attached hydrogen (secondary N) is 1. The maximum absolute atomic E-state index is 11.7. The van der Waals surface area contributed by atoms with Crippen molar-refractivity contribution in [3.05, 3.63) is 72.2 Å². The predicted molar refractivity (Wildman–Crippen MR) is 151 cm³/mol. The number of methoxy groups -OCH3 is 1. The van der Waals surface area contributed by atoms with Crippen molar-refractivity contribution in [2.24, 2.45) is 7.05 Å². The molecular formula is C31H34N4O5. The van der Waals surface area contributed by atoms with Crippen molar-refractivity contribution in [1.29, 1.82) is 0 Å². The van der Waals surface area contributed by atoms with Gasteiger partial charge in [-0.25, -0.2) is 9.97 Å². The lowest BCUT2D eigenvalue weighted by atomic mass is 9.91.